The van der Waals surface area contributed by atoms with Crippen molar-refractivity contribution < 1.29 is 19.4 Å². The second-order valence-electron chi connectivity index (χ2n) is 4.75. The molecule has 106 valence electrons. The van der Waals surface area contributed by atoms with Gasteiger partial charge in [-0.3, -0.25) is 4.79 Å². The van der Waals surface area contributed by atoms with Gasteiger partial charge in [0.25, 0.3) is 5.91 Å². The Morgan fingerprint density at radius 2 is 2.05 bits per heavy atom. The molecule has 0 spiro atoms. The Bertz CT molecular complexity index is 505. The van der Waals surface area contributed by atoms with Gasteiger partial charge >= 0.3 is 5.97 Å². The second-order valence-corrected chi connectivity index (χ2v) is 4.75. The number of amides is 1. The summed E-state index contributed by atoms with van der Waals surface area (Å²) < 4.78 is 5.31. The molecule has 5 nitrogen and oxygen atoms in total. The lowest BCUT2D eigenvalue weighted by molar-refractivity contribution is -0.139. The predicted octanol–water partition coefficient (Wildman–Crippen LogP) is 1.84. The number of carbonyl (C=O) groups excluding carboxylic acids is 1. The number of aliphatic carboxylic acids is 1. The molecule has 2 rings (SSSR count). The Kier molecular flexibility index (Phi) is 4.40. The summed E-state index contributed by atoms with van der Waals surface area (Å²) in [5, 5.41) is 11.6. The van der Waals surface area contributed by atoms with E-state index in [4.69, 9.17) is 9.84 Å². The number of carboxylic acids is 1. The fraction of sp³-hybridized carbons (Fsp3) is 0.333. The lowest BCUT2D eigenvalue weighted by Crippen LogP contribution is -2.42. The maximum Gasteiger partial charge on any atom is 0.326 e. The largest absolute Gasteiger partial charge is 0.490 e. The number of ether oxygens (including phenoxy) is 1. The lowest BCUT2D eigenvalue weighted by Gasteiger charge is -2.13. The number of benzene rings is 1. The van der Waals surface area contributed by atoms with Gasteiger partial charge in [0.1, 0.15) is 18.4 Å². The van der Waals surface area contributed by atoms with Gasteiger partial charge in [0.2, 0.25) is 0 Å². The summed E-state index contributed by atoms with van der Waals surface area (Å²) in [4.78, 5) is 23.1. The molecule has 0 radical (unpaired) electrons. The molecular weight excluding hydrogens is 258 g/mol. The van der Waals surface area contributed by atoms with Crippen molar-refractivity contribution in [1.82, 2.24) is 5.32 Å². The molecule has 0 aliphatic heterocycles. The van der Waals surface area contributed by atoms with E-state index in [0.717, 1.165) is 12.8 Å². The molecule has 2 N–H and O–H groups in total. The second kappa shape index (κ2) is 6.23. The van der Waals surface area contributed by atoms with Crippen LogP contribution in [0.4, 0.5) is 0 Å². The van der Waals surface area contributed by atoms with Gasteiger partial charge in [-0.05, 0) is 43.0 Å². The van der Waals surface area contributed by atoms with Crippen LogP contribution in [0.15, 0.2) is 36.9 Å². The van der Waals surface area contributed by atoms with Gasteiger partial charge in [-0.1, -0.05) is 12.7 Å². The molecule has 1 aromatic carbocycles. The molecule has 1 fully saturated rings. The summed E-state index contributed by atoms with van der Waals surface area (Å²) in [6.07, 6.45) is 3.34. The summed E-state index contributed by atoms with van der Waals surface area (Å²) in [6, 6.07) is 5.77. The average Bonchev–Trinajstić information content (AvgIpc) is 3.27. The van der Waals surface area contributed by atoms with E-state index in [0.29, 0.717) is 17.9 Å². The number of nitrogens with one attached hydrogen (secondary N) is 1. The predicted molar refractivity (Wildman–Crippen MR) is 73.7 cm³/mol. The van der Waals surface area contributed by atoms with Crippen molar-refractivity contribution in [2.45, 2.75) is 18.9 Å². The van der Waals surface area contributed by atoms with E-state index in [1.807, 2.05) is 0 Å². The van der Waals surface area contributed by atoms with E-state index >= 15 is 0 Å². The van der Waals surface area contributed by atoms with Gasteiger partial charge < -0.3 is 15.2 Å². The minimum absolute atomic E-state index is 0.0617. The highest BCUT2D eigenvalue weighted by atomic mass is 16.5. The van der Waals surface area contributed by atoms with Gasteiger partial charge in [0.15, 0.2) is 0 Å². The SMILES string of the molecule is C=CCOc1ccc(C(=O)NC(C(=O)O)C2CC2)cc1. The molecule has 1 aromatic rings. The first-order valence-corrected chi connectivity index (χ1v) is 6.49. The van der Waals surface area contributed by atoms with Crippen molar-refractivity contribution in [2.75, 3.05) is 6.61 Å². The minimum Gasteiger partial charge on any atom is -0.490 e. The summed E-state index contributed by atoms with van der Waals surface area (Å²) in [7, 11) is 0. The number of rotatable bonds is 7. The third-order valence-electron chi connectivity index (χ3n) is 3.13. The van der Waals surface area contributed by atoms with Crippen LogP contribution >= 0.6 is 0 Å². The van der Waals surface area contributed by atoms with Crippen molar-refractivity contribution in [3.05, 3.63) is 42.5 Å². The van der Waals surface area contributed by atoms with E-state index in [9.17, 15) is 9.59 Å². The molecule has 0 aromatic heterocycles. The highest BCUT2D eigenvalue weighted by Gasteiger charge is 2.37. The summed E-state index contributed by atoms with van der Waals surface area (Å²) in [6.45, 7) is 3.95. The summed E-state index contributed by atoms with van der Waals surface area (Å²) in [5.41, 5.74) is 0.419. The van der Waals surface area contributed by atoms with Gasteiger partial charge in [0.05, 0.1) is 0 Å². The first-order chi connectivity index (χ1) is 9.61. The molecule has 1 aliphatic carbocycles. The zero-order valence-corrected chi connectivity index (χ0v) is 11.0. The maximum absolute atomic E-state index is 12.0. The molecular formula is C15H17NO4. The lowest BCUT2D eigenvalue weighted by atomic mass is 10.1. The molecule has 0 bridgehead atoms. The topological polar surface area (TPSA) is 75.6 Å². The number of carboxylic acid groups (broad SMARTS) is 1. The Labute approximate surface area is 117 Å². The van der Waals surface area contributed by atoms with E-state index in [2.05, 4.69) is 11.9 Å². The van der Waals surface area contributed by atoms with E-state index in [1.165, 1.54) is 0 Å². The molecule has 1 unspecified atom stereocenters. The number of hydrogen-bond acceptors (Lipinski definition) is 3. The number of carbonyl (C=O) groups is 2. The molecule has 5 heteroatoms. The maximum atomic E-state index is 12.0. The quantitative estimate of drug-likeness (QED) is 0.745. The first kappa shape index (κ1) is 14.1. The fourth-order valence-corrected chi connectivity index (χ4v) is 1.89. The standard InChI is InChI=1S/C15H17NO4/c1-2-9-20-12-7-5-11(6-8-12)14(17)16-13(15(18)19)10-3-4-10/h2,5-8,10,13H,1,3-4,9H2,(H,16,17)(H,18,19). The van der Waals surface area contributed by atoms with Crippen LogP contribution in [0.5, 0.6) is 5.75 Å². The molecule has 1 aliphatic rings. The third kappa shape index (κ3) is 3.60. The van der Waals surface area contributed by atoms with Crippen molar-refractivity contribution in [3.63, 3.8) is 0 Å². The Morgan fingerprint density at radius 1 is 1.40 bits per heavy atom. The molecule has 20 heavy (non-hydrogen) atoms. The molecule has 1 amide bonds. The first-order valence-electron chi connectivity index (χ1n) is 6.49. The molecule has 0 heterocycles. The Hall–Kier alpha value is -2.30. The van der Waals surface area contributed by atoms with Gasteiger partial charge in [-0.25, -0.2) is 4.79 Å². The van der Waals surface area contributed by atoms with Crippen LogP contribution in [-0.2, 0) is 4.79 Å². The summed E-state index contributed by atoms with van der Waals surface area (Å²) in [5.74, 6) is -0.656. The van der Waals surface area contributed by atoms with Crippen LogP contribution in [0.25, 0.3) is 0 Å². The average molecular weight is 275 g/mol. The Morgan fingerprint density at radius 3 is 2.55 bits per heavy atom. The van der Waals surface area contributed by atoms with Crippen molar-refractivity contribution in [1.29, 1.82) is 0 Å². The highest BCUT2D eigenvalue weighted by Crippen LogP contribution is 2.32. The molecule has 0 saturated heterocycles. The van der Waals surface area contributed by atoms with Gasteiger partial charge in [-0.15, -0.1) is 0 Å². The fourth-order valence-electron chi connectivity index (χ4n) is 1.89. The smallest absolute Gasteiger partial charge is 0.326 e. The van der Waals surface area contributed by atoms with E-state index in [1.54, 1.807) is 30.3 Å². The third-order valence-corrected chi connectivity index (χ3v) is 3.13. The van der Waals surface area contributed by atoms with Crippen molar-refractivity contribution in [2.24, 2.45) is 5.92 Å². The van der Waals surface area contributed by atoms with Crippen LogP contribution in [-0.4, -0.2) is 29.6 Å². The summed E-state index contributed by atoms with van der Waals surface area (Å²) >= 11 is 0. The van der Waals surface area contributed by atoms with Crippen LogP contribution in [0.2, 0.25) is 0 Å². The van der Waals surface area contributed by atoms with Crippen LogP contribution < -0.4 is 10.1 Å². The van der Waals surface area contributed by atoms with Gasteiger partial charge in [-0.2, -0.15) is 0 Å². The minimum atomic E-state index is -0.980. The molecule has 1 atom stereocenters. The van der Waals surface area contributed by atoms with E-state index in [-0.39, 0.29) is 11.8 Å². The highest BCUT2D eigenvalue weighted by molar-refractivity contribution is 5.96. The Balaban J connectivity index is 1.97. The zero-order valence-electron chi connectivity index (χ0n) is 11.0. The van der Waals surface area contributed by atoms with Crippen molar-refractivity contribution in [3.8, 4) is 5.75 Å². The normalized spacial score (nSPS) is 15.2. The van der Waals surface area contributed by atoms with Crippen LogP contribution in [0.3, 0.4) is 0 Å². The van der Waals surface area contributed by atoms with E-state index < -0.39 is 12.0 Å². The van der Waals surface area contributed by atoms with Gasteiger partial charge in [0, 0.05) is 5.56 Å². The van der Waals surface area contributed by atoms with Crippen molar-refractivity contribution >= 4 is 11.9 Å². The zero-order chi connectivity index (χ0) is 14.5. The monoisotopic (exact) mass is 275 g/mol. The van der Waals surface area contributed by atoms with Crippen LogP contribution in [0, 0.1) is 5.92 Å². The number of hydrogen-bond donors (Lipinski definition) is 2. The van der Waals surface area contributed by atoms with Crippen LogP contribution in [0.1, 0.15) is 23.2 Å². The molecule has 1 saturated carbocycles.